The van der Waals surface area contributed by atoms with Crippen molar-refractivity contribution in [2.24, 2.45) is 0 Å². The molecule has 1 heterocycles. The van der Waals surface area contributed by atoms with Crippen LogP contribution in [0.3, 0.4) is 0 Å². The molecule has 0 aliphatic carbocycles. The van der Waals surface area contributed by atoms with Gasteiger partial charge in [-0.1, -0.05) is 18.2 Å². The summed E-state index contributed by atoms with van der Waals surface area (Å²) in [5.41, 5.74) is 1.63. The average molecular weight is 212 g/mol. The van der Waals surface area contributed by atoms with Gasteiger partial charge < -0.3 is 0 Å². The largest absolute Gasteiger partial charge is 0.280 e. The summed E-state index contributed by atoms with van der Waals surface area (Å²) in [6.45, 7) is 1.54. The highest BCUT2D eigenvalue weighted by molar-refractivity contribution is 5.98. The SMILES string of the molecule is CC(=O)N(c1ccccc1)c1cccnc1. The highest BCUT2D eigenvalue weighted by atomic mass is 16.2. The number of rotatable bonds is 2. The van der Waals surface area contributed by atoms with Gasteiger partial charge in [-0.05, 0) is 24.3 Å². The third-order valence-corrected chi connectivity index (χ3v) is 2.23. The van der Waals surface area contributed by atoms with Crippen molar-refractivity contribution in [2.45, 2.75) is 6.92 Å². The molecule has 3 nitrogen and oxygen atoms in total. The van der Waals surface area contributed by atoms with Gasteiger partial charge in [0.1, 0.15) is 0 Å². The molecule has 1 amide bonds. The predicted octanol–water partition coefficient (Wildman–Crippen LogP) is 2.77. The molecule has 0 bridgehead atoms. The van der Waals surface area contributed by atoms with E-state index in [4.69, 9.17) is 0 Å². The molecule has 0 aliphatic heterocycles. The van der Waals surface area contributed by atoms with Crippen LogP contribution in [0.2, 0.25) is 0 Å². The molecule has 0 radical (unpaired) electrons. The Morgan fingerprint density at radius 3 is 2.31 bits per heavy atom. The van der Waals surface area contributed by atoms with Crippen LogP contribution in [0, 0.1) is 0 Å². The van der Waals surface area contributed by atoms with Crippen molar-refractivity contribution in [3.63, 3.8) is 0 Å². The highest BCUT2D eigenvalue weighted by Gasteiger charge is 2.12. The first-order chi connectivity index (χ1) is 7.79. The maximum Gasteiger partial charge on any atom is 0.228 e. The van der Waals surface area contributed by atoms with Crippen LogP contribution >= 0.6 is 0 Å². The number of carbonyl (C=O) groups excluding carboxylic acids is 1. The zero-order chi connectivity index (χ0) is 11.4. The summed E-state index contributed by atoms with van der Waals surface area (Å²) < 4.78 is 0. The first kappa shape index (κ1) is 10.4. The summed E-state index contributed by atoms with van der Waals surface area (Å²) in [5, 5.41) is 0. The molecule has 0 atom stereocenters. The molecule has 0 saturated heterocycles. The van der Waals surface area contributed by atoms with Gasteiger partial charge in [-0.15, -0.1) is 0 Å². The molecule has 0 spiro atoms. The lowest BCUT2D eigenvalue weighted by Crippen LogP contribution is -2.22. The molecular weight excluding hydrogens is 200 g/mol. The molecule has 0 N–H and O–H groups in total. The number of amides is 1. The number of nitrogens with zero attached hydrogens (tertiary/aromatic N) is 2. The van der Waals surface area contributed by atoms with Crippen LogP contribution in [-0.4, -0.2) is 10.9 Å². The van der Waals surface area contributed by atoms with Gasteiger partial charge in [-0.25, -0.2) is 0 Å². The number of hydrogen-bond acceptors (Lipinski definition) is 2. The minimum Gasteiger partial charge on any atom is -0.280 e. The van der Waals surface area contributed by atoms with Crippen molar-refractivity contribution in [3.8, 4) is 0 Å². The Balaban J connectivity index is 2.44. The second-order valence-corrected chi connectivity index (χ2v) is 3.40. The highest BCUT2D eigenvalue weighted by Crippen LogP contribution is 2.23. The second kappa shape index (κ2) is 4.57. The summed E-state index contributed by atoms with van der Waals surface area (Å²) in [6, 6.07) is 13.2. The molecule has 1 aromatic carbocycles. The predicted molar refractivity (Wildman–Crippen MR) is 63.5 cm³/mol. The fraction of sp³-hybridized carbons (Fsp3) is 0.0769. The first-order valence-corrected chi connectivity index (χ1v) is 5.05. The topological polar surface area (TPSA) is 33.2 Å². The van der Waals surface area contributed by atoms with Crippen molar-refractivity contribution in [1.29, 1.82) is 0 Å². The van der Waals surface area contributed by atoms with Crippen molar-refractivity contribution >= 4 is 17.3 Å². The minimum absolute atomic E-state index is 0.0285. The van der Waals surface area contributed by atoms with Crippen molar-refractivity contribution in [1.82, 2.24) is 4.98 Å². The van der Waals surface area contributed by atoms with Gasteiger partial charge in [0.15, 0.2) is 0 Å². The van der Waals surface area contributed by atoms with Crippen LogP contribution < -0.4 is 4.90 Å². The maximum atomic E-state index is 11.6. The Hall–Kier alpha value is -2.16. The minimum atomic E-state index is -0.0285. The van der Waals surface area contributed by atoms with Crippen LogP contribution in [0.5, 0.6) is 0 Å². The summed E-state index contributed by atoms with van der Waals surface area (Å²) in [7, 11) is 0. The van der Waals surface area contributed by atoms with Gasteiger partial charge in [-0.3, -0.25) is 14.7 Å². The number of aromatic nitrogens is 1. The van der Waals surface area contributed by atoms with Crippen molar-refractivity contribution in [2.75, 3.05) is 4.90 Å². The number of pyridine rings is 1. The van der Waals surface area contributed by atoms with Crippen molar-refractivity contribution in [3.05, 3.63) is 54.9 Å². The molecule has 0 unspecified atom stereocenters. The molecule has 0 fully saturated rings. The Morgan fingerprint density at radius 2 is 1.75 bits per heavy atom. The molecule has 0 saturated carbocycles. The summed E-state index contributed by atoms with van der Waals surface area (Å²) >= 11 is 0. The van der Waals surface area contributed by atoms with Crippen molar-refractivity contribution < 1.29 is 4.79 Å². The van der Waals surface area contributed by atoms with E-state index in [1.54, 1.807) is 24.2 Å². The van der Waals surface area contributed by atoms with E-state index in [0.717, 1.165) is 11.4 Å². The quantitative estimate of drug-likeness (QED) is 0.766. The molecule has 2 rings (SSSR count). The molecule has 1 aromatic heterocycles. The second-order valence-electron chi connectivity index (χ2n) is 3.40. The maximum absolute atomic E-state index is 11.6. The number of benzene rings is 1. The van der Waals surface area contributed by atoms with Crippen LogP contribution in [0.1, 0.15) is 6.92 Å². The Labute approximate surface area is 94.4 Å². The molecule has 16 heavy (non-hydrogen) atoms. The standard InChI is InChI=1S/C13H12N2O/c1-11(16)15(12-6-3-2-4-7-12)13-8-5-9-14-10-13/h2-10H,1H3. The summed E-state index contributed by atoms with van der Waals surface area (Å²) in [6.07, 6.45) is 3.36. The van der Waals surface area contributed by atoms with Crippen LogP contribution in [0.25, 0.3) is 0 Å². The smallest absolute Gasteiger partial charge is 0.228 e. The van der Waals surface area contributed by atoms with Gasteiger partial charge >= 0.3 is 0 Å². The van der Waals surface area contributed by atoms with E-state index in [9.17, 15) is 4.79 Å². The Bertz CT molecular complexity index is 428. The van der Waals surface area contributed by atoms with E-state index in [1.807, 2.05) is 42.5 Å². The van der Waals surface area contributed by atoms with Gasteiger partial charge in [0.05, 0.1) is 11.9 Å². The van der Waals surface area contributed by atoms with E-state index >= 15 is 0 Å². The van der Waals surface area contributed by atoms with Gasteiger partial charge in [0, 0.05) is 18.8 Å². The lowest BCUT2D eigenvalue weighted by Gasteiger charge is -2.20. The van der Waals surface area contributed by atoms with E-state index in [-0.39, 0.29) is 5.91 Å². The number of hydrogen-bond donors (Lipinski definition) is 0. The van der Waals surface area contributed by atoms with Gasteiger partial charge in [0.25, 0.3) is 0 Å². The van der Waals surface area contributed by atoms with Gasteiger partial charge in [-0.2, -0.15) is 0 Å². The lowest BCUT2D eigenvalue weighted by atomic mass is 10.2. The van der Waals surface area contributed by atoms with E-state index in [2.05, 4.69) is 4.98 Å². The number of anilines is 2. The summed E-state index contributed by atoms with van der Waals surface area (Å²) in [5.74, 6) is -0.0285. The fourth-order valence-electron chi connectivity index (χ4n) is 1.58. The monoisotopic (exact) mass is 212 g/mol. The normalized spacial score (nSPS) is 9.81. The lowest BCUT2D eigenvalue weighted by molar-refractivity contribution is -0.115. The molecule has 2 aromatic rings. The first-order valence-electron chi connectivity index (χ1n) is 5.05. The van der Waals surface area contributed by atoms with E-state index in [0.29, 0.717) is 0 Å². The zero-order valence-corrected chi connectivity index (χ0v) is 9.00. The van der Waals surface area contributed by atoms with Crippen LogP contribution in [-0.2, 0) is 4.79 Å². The third kappa shape index (κ3) is 2.08. The number of carbonyl (C=O) groups is 1. The molecule has 0 aliphatic rings. The van der Waals surface area contributed by atoms with E-state index < -0.39 is 0 Å². The van der Waals surface area contributed by atoms with Crippen LogP contribution in [0.15, 0.2) is 54.9 Å². The van der Waals surface area contributed by atoms with E-state index in [1.165, 1.54) is 0 Å². The fourth-order valence-corrected chi connectivity index (χ4v) is 1.58. The summed E-state index contributed by atoms with van der Waals surface area (Å²) in [4.78, 5) is 17.3. The molecule has 3 heteroatoms. The zero-order valence-electron chi connectivity index (χ0n) is 9.00. The number of para-hydroxylation sites is 1. The Morgan fingerprint density at radius 1 is 1.06 bits per heavy atom. The Kier molecular flexibility index (Phi) is 2.96. The average Bonchev–Trinajstić information content (AvgIpc) is 2.31. The molecule has 80 valence electrons. The van der Waals surface area contributed by atoms with Gasteiger partial charge in [0.2, 0.25) is 5.91 Å². The van der Waals surface area contributed by atoms with Crippen LogP contribution in [0.4, 0.5) is 11.4 Å². The molecular formula is C13H12N2O. The third-order valence-electron chi connectivity index (χ3n) is 2.23.